The zero-order valence-corrected chi connectivity index (χ0v) is 18.6. The van der Waals surface area contributed by atoms with E-state index in [1.807, 2.05) is 0 Å². The molecule has 0 radical (unpaired) electrons. The molecular weight excluding hydrogens is 414 g/mol. The van der Waals surface area contributed by atoms with Crippen molar-refractivity contribution in [2.24, 2.45) is 0 Å². The Labute approximate surface area is 187 Å². The number of carbonyl (C=O) groups is 2. The molecule has 0 saturated carbocycles. The Kier molecular flexibility index (Phi) is 7.37. The first-order valence-corrected chi connectivity index (χ1v) is 10.1. The van der Waals surface area contributed by atoms with Crippen molar-refractivity contribution < 1.29 is 33.6 Å². The van der Waals surface area contributed by atoms with Gasteiger partial charge in [-0.1, -0.05) is 12.1 Å². The number of aliphatic hydroxyl groups is 1. The minimum absolute atomic E-state index is 0.0101. The minimum Gasteiger partial charge on any atom is -0.507 e. The molecule has 1 fully saturated rings. The highest BCUT2D eigenvalue weighted by Gasteiger charge is 2.47. The summed E-state index contributed by atoms with van der Waals surface area (Å²) in [5, 5.41) is 11.1. The summed E-state index contributed by atoms with van der Waals surface area (Å²) in [4.78, 5) is 27.5. The molecule has 2 aromatic rings. The molecule has 1 N–H and O–H groups in total. The number of para-hydroxylation sites is 1. The molecule has 8 heteroatoms. The second-order valence-corrected chi connectivity index (χ2v) is 7.15. The first-order chi connectivity index (χ1) is 15.5. The van der Waals surface area contributed by atoms with Gasteiger partial charge in [0.2, 0.25) is 0 Å². The minimum atomic E-state index is -0.848. The molecule has 0 spiro atoms. The first-order valence-electron chi connectivity index (χ1n) is 10.1. The molecule has 1 unspecified atom stereocenters. The molecular formula is C24H27NO7. The molecule has 1 aliphatic heterocycles. The van der Waals surface area contributed by atoms with Gasteiger partial charge in [0.05, 0.1) is 32.9 Å². The molecule has 1 amide bonds. The number of nitrogens with zero attached hydrogens (tertiary/aromatic N) is 1. The molecule has 2 aromatic carbocycles. The topological polar surface area (TPSA) is 94.5 Å². The Morgan fingerprint density at radius 1 is 0.969 bits per heavy atom. The molecule has 1 heterocycles. The molecule has 32 heavy (non-hydrogen) atoms. The van der Waals surface area contributed by atoms with E-state index in [1.165, 1.54) is 26.2 Å². The van der Waals surface area contributed by atoms with Crippen LogP contribution in [0.2, 0.25) is 0 Å². The number of ether oxygens (including phenoxy) is 4. The van der Waals surface area contributed by atoms with Crippen LogP contribution in [0.4, 0.5) is 0 Å². The molecule has 0 aromatic heterocycles. The van der Waals surface area contributed by atoms with Gasteiger partial charge >= 0.3 is 0 Å². The zero-order chi connectivity index (χ0) is 23.3. The maximum absolute atomic E-state index is 13.1. The Morgan fingerprint density at radius 3 is 2.28 bits per heavy atom. The third-order valence-electron chi connectivity index (χ3n) is 5.38. The number of carbonyl (C=O) groups excluding carboxylic acids is 2. The molecule has 8 nitrogen and oxygen atoms in total. The lowest BCUT2D eigenvalue weighted by Crippen LogP contribution is -2.31. The van der Waals surface area contributed by atoms with E-state index in [0.29, 0.717) is 41.4 Å². The van der Waals surface area contributed by atoms with E-state index in [9.17, 15) is 14.7 Å². The number of amides is 1. The van der Waals surface area contributed by atoms with Crippen molar-refractivity contribution in [3.05, 3.63) is 59.2 Å². The van der Waals surface area contributed by atoms with Crippen LogP contribution < -0.4 is 14.2 Å². The van der Waals surface area contributed by atoms with Gasteiger partial charge in [-0.2, -0.15) is 0 Å². The number of aliphatic hydroxyl groups excluding tert-OH is 1. The lowest BCUT2D eigenvalue weighted by Gasteiger charge is -2.27. The second kappa shape index (κ2) is 10.2. The fourth-order valence-corrected chi connectivity index (χ4v) is 3.84. The number of benzene rings is 2. The lowest BCUT2D eigenvalue weighted by atomic mass is 9.94. The number of ketones is 1. The summed E-state index contributed by atoms with van der Waals surface area (Å²) in [5.74, 6) is -0.268. The van der Waals surface area contributed by atoms with Gasteiger partial charge in [0, 0.05) is 31.4 Å². The highest BCUT2D eigenvalue weighted by Crippen LogP contribution is 2.45. The number of hydrogen-bond donors (Lipinski definition) is 1. The molecule has 170 valence electrons. The SMILES string of the molecule is COCCCN1C(=O)C(=O)/C(=C(/O)c2ccc(OC)cc2)C1c1cccc(OC)c1OC. The van der Waals surface area contributed by atoms with Gasteiger partial charge in [-0.15, -0.1) is 0 Å². The van der Waals surface area contributed by atoms with Crippen LogP contribution in [-0.2, 0) is 14.3 Å². The summed E-state index contributed by atoms with van der Waals surface area (Å²) in [5.41, 5.74) is 0.926. The van der Waals surface area contributed by atoms with Crippen LogP contribution in [0.3, 0.4) is 0 Å². The molecule has 0 bridgehead atoms. The average Bonchev–Trinajstić information content (AvgIpc) is 3.08. The van der Waals surface area contributed by atoms with E-state index in [-0.39, 0.29) is 17.9 Å². The van der Waals surface area contributed by atoms with E-state index in [0.717, 1.165) is 0 Å². The van der Waals surface area contributed by atoms with Gasteiger partial charge in [-0.05, 0) is 36.8 Å². The highest BCUT2D eigenvalue weighted by atomic mass is 16.5. The van der Waals surface area contributed by atoms with E-state index >= 15 is 0 Å². The maximum atomic E-state index is 13.1. The predicted molar refractivity (Wildman–Crippen MR) is 118 cm³/mol. The van der Waals surface area contributed by atoms with Gasteiger partial charge in [0.25, 0.3) is 11.7 Å². The Bertz CT molecular complexity index is 1010. The van der Waals surface area contributed by atoms with Crippen LogP contribution in [0, 0.1) is 0 Å². The largest absolute Gasteiger partial charge is 0.507 e. The predicted octanol–water partition coefficient (Wildman–Crippen LogP) is 3.17. The standard InChI is InChI=1S/C24H27NO7/c1-29-14-6-13-25-20(17-7-5-8-18(31-3)23(17)32-4)19(22(27)24(25)28)21(26)15-9-11-16(30-2)12-10-15/h5,7-12,20,26H,6,13-14H2,1-4H3/b21-19+. The lowest BCUT2D eigenvalue weighted by molar-refractivity contribution is -0.140. The number of methoxy groups -OCH3 is 4. The normalized spacial score (nSPS) is 17.5. The van der Waals surface area contributed by atoms with E-state index in [4.69, 9.17) is 18.9 Å². The summed E-state index contributed by atoms with van der Waals surface area (Å²) in [7, 11) is 6.10. The number of likely N-dealkylation sites (tertiary alicyclic amines) is 1. The Hall–Kier alpha value is -3.52. The van der Waals surface area contributed by atoms with Crippen molar-refractivity contribution >= 4 is 17.4 Å². The summed E-state index contributed by atoms with van der Waals surface area (Å²) in [6.45, 7) is 0.687. The van der Waals surface area contributed by atoms with E-state index in [1.54, 1.807) is 49.6 Å². The highest BCUT2D eigenvalue weighted by molar-refractivity contribution is 6.46. The zero-order valence-electron chi connectivity index (χ0n) is 18.6. The third kappa shape index (κ3) is 4.27. The van der Waals surface area contributed by atoms with Crippen molar-refractivity contribution in [2.45, 2.75) is 12.5 Å². The number of hydrogen-bond acceptors (Lipinski definition) is 7. The van der Waals surface area contributed by atoms with Gasteiger partial charge in [0.1, 0.15) is 11.5 Å². The van der Waals surface area contributed by atoms with Crippen LogP contribution in [0.1, 0.15) is 23.6 Å². The molecule has 1 atom stereocenters. The maximum Gasteiger partial charge on any atom is 0.295 e. The number of Topliss-reactive ketones (excluding diaryl/α,β-unsaturated/α-hetero) is 1. The van der Waals surface area contributed by atoms with Gasteiger partial charge in [0.15, 0.2) is 11.5 Å². The van der Waals surface area contributed by atoms with Gasteiger partial charge in [-0.25, -0.2) is 0 Å². The first kappa shape index (κ1) is 23.1. The fraction of sp³-hybridized carbons (Fsp3) is 0.333. The molecule has 3 rings (SSSR count). The third-order valence-corrected chi connectivity index (χ3v) is 5.38. The Balaban J connectivity index is 2.20. The van der Waals surface area contributed by atoms with Crippen molar-refractivity contribution in [2.75, 3.05) is 41.6 Å². The number of rotatable bonds is 9. The van der Waals surface area contributed by atoms with Crippen LogP contribution in [-0.4, -0.2) is 63.3 Å². The fourth-order valence-electron chi connectivity index (χ4n) is 3.84. The summed E-state index contributed by atoms with van der Waals surface area (Å²) in [6.07, 6.45) is 0.523. The van der Waals surface area contributed by atoms with Crippen molar-refractivity contribution in [3.8, 4) is 17.2 Å². The quantitative estimate of drug-likeness (QED) is 0.276. The summed E-state index contributed by atoms with van der Waals surface area (Å²) < 4.78 is 21.2. The van der Waals surface area contributed by atoms with Crippen molar-refractivity contribution in [3.63, 3.8) is 0 Å². The monoisotopic (exact) mass is 441 g/mol. The molecule has 1 saturated heterocycles. The van der Waals surface area contributed by atoms with E-state index < -0.39 is 17.7 Å². The van der Waals surface area contributed by atoms with Gasteiger partial charge in [-0.3, -0.25) is 9.59 Å². The summed E-state index contributed by atoms with van der Waals surface area (Å²) in [6, 6.07) is 11.0. The van der Waals surface area contributed by atoms with Crippen LogP contribution in [0.25, 0.3) is 5.76 Å². The average molecular weight is 441 g/mol. The smallest absolute Gasteiger partial charge is 0.295 e. The van der Waals surface area contributed by atoms with Crippen molar-refractivity contribution in [1.82, 2.24) is 4.90 Å². The molecule has 0 aliphatic carbocycles. The van der Waals surface area contributed by atoms with Gasteiger partial charge < -0.3 is 29.0 Å². The van der Waals surface area contributed by atoms with Crippen LogP contribution >= 0.6 is 0 Å². The van der Waals surface area contributed by atoms with Crippen LogP contribution in [0.5, 0.6) is 17.2 Å². The summed E-state index contributed by atoms with van der Waals surface area (Å²) >= 11 is 0. The Morgan fingerprint density at radius 2 is 1.69 bits per heavy atom. The van der Waals surface area contributed by atoms with E-state index in [2.05, 4.69) is 0 Å². The van der Waals surface area contributed by atoms with Crippen molar-refractivity contribution in [1.29, 1.82) is 0 Å². The second-order valence-electron chi connectivity index (χ2n) is 7.15. The van der Waals surface area contributed by atoms with Crippen LogP contribution in [0.15, 0.2) is 48.0 Å². The molecule has 1 aliphatic rings.